The van der Waals surface area contributed by atoms with E-state index in [1.165, 1.54) is 18.6 Å². The first kappa shape index (κ1) is 19.4. The Kier molecular flexibility index (Phi) is 6.37. The van der Waals surface area contributed by atoms with Crippen LogP contribution in [0.1, 0.15) is 55.7 Å². The van der Waals surface area contributed by atoms with Crippen molar-refractivity contribution in [2.24, 2.45) is 11.7 Å². The molecule has 1 aromatic rings. The zero-order valence-electron chi connectivity index (χ0n) is 15.2. The number of nitrogens with two attached hydrogens (primary N) is 1. The van der Waals surface area contributed by atoms with Crippen LogP contribution in [0.4, 0.5) is 0 Å². The molecular weight excluding hydrogens is 352 g/mol. The molecule has 1 unspecified atom stereocenters. The van der Waals surface area contributed by atoms with E-state index in [0.717, 1.165) is 23.0 Å². The van der Waals surface area contributed by atoms with Gasteiger partial charge >= 0.3 is 5.97 Å². The molecule has 1 aromatic heterocycles. The molecule has 26 heavy (non-hydrogen) atoms. The Morgan fingerprint density at radius 3 is 2.96 bits per heavy atom. The number of H-pyrrole nitrogens is 1. The molecule has 0 radical (unpaired) electrons. The van der Waals surface area contributed by atoms with Gasteiger partial charge in [0, 0.05) is 31.1 Å². The lowest BCUT2D eigenvalue weighted by Gasteiger charge is -2.23. The number of carboxylic acids is 1. The number of thioether (sulfide) groups is 1. The summed E-state index contributed by atoms with van der Waals surface area (Å²) in [5.41, 5.74) is 7.72. The van der Waals surface area contributed by atoms with Crippen molar-refractivity contribution in [2.45, 2.75) is 63.6 Å². The molecule has 3 rings (SSSR count). The van der Waals surface area contributed by atoms with Gasteiger partial charge in [-0.25, -0.2) is 4.98 Å². The van der Waals surface area contributed by atoms with Crippen molar-refractivity contribution in [3.8, 4) is 0 Å². The lowest BCUT2D eigenvalue weighted by atomic mass is 9.92. The SMILES string of the molecule is C[C@@H](CCC(=O)[C@@H]1Cc2nc(C3CCCSC3)[nH]c2CN1)[C@H](N)C(=O)O. The van der Waals surface area contributed by atoms with E-state index in [4.69, 9.17) is 15.8 Å². The summed E-state index contributed by atoms with van der Waals surface area (Å²) in [5.74, 6) is 2.78. The number of aromatic nitrogens is 2. The summed E-state index contributed by atoms with van der Waals surface area (Å²) in [6, 6.07) is -1.16. The standard InChI is InChI=1S/C18H28N4O3S/c1-10(16(19)18(24)25)4-5-15(23)13-7-12-14(8-20-13)22-17(21-12)11-3-2-6-26-9-11/h10-11,13,16,20H,2-9,19H2,1H3,(H,21,22)(H,24,25)/t10-,11?,13-,16-/m0/s1. The predicted octanol–water partition coefficient (Wildman–Crippen LogP) is 1.43. The minimum atomic E-state index is -1.02. The number of aliphatic carboxylic acids is 1. The molecule has 2 aliphatic rings. The van der Waals surface area contributed by atoms with Gasteiger partial charge < -0.3 is 21.1 Å². The van der Waals surface area contributed by atoms with Crippen molar-refractivity contribution in [1.82, 2.24) is 15.3 Å². The minimum Gasteiger partial charge on any atom is -0.480 e. The molecule has 8 heteroatoms. The molecule has 0 saturated carbocycles. The maximum atomic E-state index is 12.5. The lowest BCUT2D eigenvalue weighted by molar-refractivity contribution is -0.140. The van der Waals surface area contributed by atoms with E-state index in [0.29, 0.717) is 31.7 Å². The molecule has 3 heterocycles. The number of hydrogen-bond donors (Lipinski definition) is 4. The molecule has 4 atom stereocenters. The van der Waals surface area contributed by atoms with Crippen molar-refractivity contribution in [3.05, 3.63) is 17.2 Å². The summed E-state index contributed by atoms with van der Waals surface area (Å²) in [6.07, 6.45) is 3.84. The van der Waals surface area contributed by atoms with Gasteiger partial charge in [0.25, 0.3) is 0 Å². The maximum Gasteiger partial charge on any atom is 0.320 e. The van der Waals surface area contributed by atoms with Crippen LogP contribution < -0.4 is 11.1 Å². The first-order valence-electron chi connectivity index (χ1n) is 9.35. The van der Waals surface area contributed by atoms with E-state index in [-0.39, 0.29) is 17.7 Å². The number of rotatable bonds is 7. The molecule has 0 aliphatic carbocycles. The summed E-state index contributed by atoms with van der Waals surface area (Å²) in [5, 5.41) is 12.2. The third-order valence-electron chi connectivity index (χ3n) is 5.49. The van der Waals surface area contributed by atoms with Gasteiger partial charge in [0.2, 0.25) is 0 Å². The molecule has 0 bridgehead atoms. The van der Waals surface area contributed by atoms with Crippen LogP contribution in [-0.2, 0) is 22.6 Å². The van der Waals surface area contributed by atoms with E-state index < -0.39 is 12.0 Å². The summed E-state index contributed by atoms with van der Waals surface area (Å²) < 4.78 is 0. The Labute approximate surface area is 157 Å². The maximum absolute atomic E-state index is 12.5. The van der Waals surface area contributed by atoms with Crippen LogP contribution in [0.25, 0.3) is 0 Å². The first-order chi connectivity index (χ1) is 12.5. The average molecular weight is 381 g/mol. The smallest absolute Gasteiger partial charge is 0.320 e. The van der Waals surface area contributed by atoms with Crippen molar-refractivity contribution in [3.63, 3.8) is 0 Å². The molecule has 144 valence electrons. The number of aromatic amines is 1. The molecule has 5 N–H and O–H groups in total. The monoisotopic (exact) mass is 380 g/mol. The van der Waals surface area contributed by atoms with E-state index in [2.05, 4.69) is 10.3 Å². The Morgan fingerprint density at radius 2 is 2.27 bits per heavy atom. The van der Waals surface area contributed by atoms with Gasteiger partial charge in [-0.2, -0.15) is 11.8 Å². The molecule has 7 nitrogen and oxygen atoms in total. The predicted molar refractivity (Wildman–Crippen MR) is 101 cm³/mol. The van der Waals surface area contributed by atoms with E-state index in [9.17, 15) is 9.59 Å². The molecule has 0 spiro atoms. The van der Waals surface area contributed by atoms with Crippen molar-refractivity contribution < 1.29 is 14.7 Å². The number of imidazole rings is 1. The Hall–Kier alpha value is -1.38. The number of hydrogen-bond acceptors (Lipinski definition) is 6. The highest BCUT2D eigenvalue weighted by atomic mass is 32.2. The van der Waals surface area contributed by atoms with Gasteiger partial charge in [-0.15, -0.1) is 0 Å². The van der Waals surface area contributed by atoms with Gasteiger partial charge in [-0.05, 0) is 30.9 Å². The summed E-state index contributed by atoms with van der Waals surface area (Å²) in [6.45, 7) is 2.41. The fraction of sp³-hybridized carbons (Fsp3) is 0.722. The van der Waals surface area contributed by atoms with Crippen molar-refractivity contribution in [1.29, 1.82) is 0 Å². The quantitative estimate of drug-likeness (QED) is 0.564. The number of carboxylic acid groups (broad SMARTS) is 1. The highest BCUT2D eigenvalue weighted by Crippen LogP contribution is 2.31. The van der Waals surface area contributed by atoms with Gasteiger partial charge in [0.1, 0.15) is 17.6 Å². The Balaban J connectivity index is 1.55. The molecule has 2 aliphatic heterocycles. The molecule has 0 aromatic carbocycles. The number of fused-ring (bicyclic) bond motifs is 1. The Morgan fingerprint density at radius 1 is 1.46 bits per heavy atom. The molecule has 1 fully saturated rings. The highest BCUT2D eigenvalue weighted by molar-refractivity contribution is 7.99. The number of nitrogens with zero attached hydrogens (tertiary/aromatic N) is 1. The van der Waals surface area contributed by atoms with Gasteiger partial charge in [0.15, 0.2) is 0 Å². The fourth-order valence-electron chi connectivity index (χ4n) is 3.62. The van der Waals surface area contributed by atoms with Crippen LogP contribution in [-0.4, -0.2) is 50.4 Å². The summed E-state index contributed by atoms with van der Waals surface area (Å²) >= 11 is 1.98. The number of carbonyl (C=O) groups excluding carboxylic acids is 1. The van der Waals surface area contributed by atoms with Crippen LogP contribution in [0.15, 0.2) is 0 Å². The number of Topliss-reactive ketones (excluding diaryl/α,β-unsaturated/α-hetero) is 1. The third kappa shape index (κ3) is 4.47. The highest BCUT2D eigenvalue weighted by Gasteiger charge is 2.29. The number of ketones is 1. The number of carbonyl (C=O) groups is 2. The fourth-order valence-corrected chi connectivity index (χ4v) is 4.76. The van der Waals surface area contributed by atoms with E-state index in [1.54, 1.807) is 6.92 Å². The van der Waals surface area contributed by atoms with Gasteiger partial charge in [-0.3, -0.25) is 9.59 Å². The zero-order valence-corrected chi connectivity index (χ0v) is 16.0. The summed E-state index contributed by atoms with van der Waals surface area (Å²) in [7, 11) is 0. The van der Waals surface area contributed by atoms with Crippen LogP contribution in [0.5, 0.6) is 0 Å². The zero-order chi connectivity index (χ0) is 18.7. The second-order valence-electron chi connectivity index (χ2n) is 7.45. The second-order valence-corrected chi connectivity index (χ2v) is 8.60. The van der Waals surface area contributed by atoms with Crippen molar-refractivity contribution in [2.75, 3.05) is 11.5 Å². The molecule has 0 amide bonds. The van der Waals surface area contributed by atoms with Crippen LogP contribution in [0.2, 0.25) is 0 Å². The second kappa shape index (κ2) is 8.54. The van der Waals surface area contributed by atoms with Gasteiger partial charge in [-0.1, -0.05) is 6.92 Å². The van der Waals surface area contributed by atoms with E-state index in [1.807, 2.05) is 11.8 Å². The largest absolute Gasteiger partial charge is 0.480 e. The number of nitrogens with one attached hydrogen (secondary N) is 2. The summed E-state index contributed by atoms with van der Waals surface area (Å²) in [4.78, 5) is 31.7. The molecule has 1 saturated heterocycles. The van der Waals surface area contributed by atoms with Crippen molar-refractivity contribution >= 4 is 23.5 Å². The third-order valence-corrected chi connectivity index (χ3v) is 6.70. The molecular formula is C18H28N4O3S. The normalized spacial score (nSPS) is 25.3. The minimum absolute atomic E-state index is 0.109. The van der Waals surface area contributed by atoms with E-state index >= 15 is 0 Å². The van der Waals surface area contributed by atoms with Crippen LogP contribution >= 0.6 is 11.8 Å². The van der Waals surface area contributed by atoms with Crippen LogP contribution in [0.3, 0.4) is 0 Å². The average Bonchev–Trinajstić information content (AvgIpc) is 3.09. The Bertz CT molecular complexity index is 657. The lowest BCUT2D eigenvalue weighted by Crippen LogP contribution is -2.42. The van der Waals surface area contributed by atoms with Crippen LogP contribution in [0, 0.1) is 5.92 Å². The first-order valence-corrected chi connectivity index (χ1v) is 10.5. The topological polar surface area (TPSA) is 121 Å². The van der Waals surface area contributed by atoms with Gasteiger partial charge in [0.05, 0.1) is 17.4 Å².